The minimum atomic E-state index is -1.57. The van der Waals surface area contributed by atoms with Gasteiger partial charge in [0, 0.05) is 0 Å². The third kappa shape index (κ3) is 14.6. The molecule has 0 aliphatic carbocycles. The summed E-state index contributed by atoms with van der Waals surface area (Å²) in [6.45, 7) is 8.64. The second kappa shape index (κ2) is 19.9. The zero-order chi connectivity index (χ0) is 35.9. The fourth-order valence-corrected chi connectivity index (χ4v) is 3.66. The van der Waals surface area contributed by atoms with Gasteiger partial charge in [-0.05, 0) is 47.0 Å². The lowest BCUT2D eigenvalue weighted by molar-refractivity contribution is -0.142. The SMILES string of the molecule is CC(C)CC(NC(=O)C(C)NC(=O)CN)C(=O)NC(C(=O)NC(C)C(=O)NC(C)C(=O)NC(CO)C(=O)NC(C)C(=O)O)C(C)O. The van der Waals surface area contributed by atoms with Crippen LogP contribution >= 0.6 is 0 Å². The van der Waals surface area contributed by atoms with Crippen molar-refractivity contribution in [2.24, 2.45) is 11.7 Å². The zero-order valence-electron chi connectivity index (χ0n) is 27.0. The molecule has 0 heterocycles. The molecule has 0 aliphatic rings. The molecule has 8 unspecified atom stereocenters. The van der Waals surface area contributed by atoms with Crippen LogP contribution in [0, 0.1) is 5.92 Å². The number of amides is 7. The largest absolute Gasteiger partial charge is 0.480 e. The summed E-state index contributed by atoms with van der Waals surface area (Å²) < 4.78 is 0. The number of aliphatic carboxylic acids is 1. The van der Waals surface area contributed by atoms with Crippen molar-refractivity contribution in [3.63, 3.8) is 0 Å². The Balaban J connectivity index is 5.39. The number of aliphatic hydroxyl groups excluding tert-OH is 2. The third-order valence-electron chi connectivity index (χ3n) is 6.41. The van der Waals surface area contributed by atoms with Crippen molar-refractivity contribution in [2.75, 3.05) is 13.2 Å². The van der Waals surface area contributed by atoms with E-state index in [1.165, 1.54) is 34.6 Å². The van der Waals surface area contributed by atoms with Crippen molar-refractivity contribution >= 4 is 47.3 Å². The average Bonchev–Trinajstić information content (AvgIpc) is 2.96. The van der Waals surface area contributed by atoms with Crippen molar-refractivity contribution in [3.05, 3.63) is 0 Å². The first-order valence-corrected chi connectivity index (χ1v) is 14.6. The predicted molar refractivity (Wildman–Crippen MR) is 161 cm³/mol. The van der Waals surface area contributed by atoms with Crippen LogP contribution in [0.3, 0.4) is 0 Å². The molecule has 262 valence electrons. The first kappa shape index (κ1) is 41.6. The van der Waals surface area contributed by atoms with Crippen molar-refractivity contribution in [1.29, 1.82) is 0 Å². The van der Waals surface area contributed by atoms with Gasteiger partial charge in [-0.1, -0.05) is 13.8 Å². The lowest BCUT2D eigenvalue weighted by Gasteiger charge is -2.27. The maximum atomic E-state index is 13.1. The van der Waals surface area contributed by atoms with Crippen LogP contribution in [0.1, 0.15) is 54.9 Å². The lowest BCUT2D eigenvalue weighted by atomic mass is 10.0. The number of hydrogen-bond donors (Lipinski definition) is 11. The number of carbonyl (C=O) groups excluding carboxylic acids is 7. The van der Waals surface area contributed by atoms with Gasteiger partial charge in [-0.15, -0.1) is 0 Å². The van der Waals surface area contributed by atoms with Crippen LogP contribution in [-0.4, -0.2) is 124 Å². The minimum Gasteiger partial charge on any atom is -0.480 e. The number of hydrogen-bond acceptors (Lipinski definition) is 11. The van der Waals surface area contributed by atoms with Crippen molar-refractivity contribution < 1.29 is 53.7 Å². The van der Waals surface area contributed by atoms with Gasteiger partial charge in [0.1, 0.15) is 42.3 Å². The number of nitrogens with two attached hydrogens (primary N) is 1. The molecule has 0 radical (unpaired) electrons. The van der Waals surface area contributed by atoms with Gasteiger partial charge in [0.15, 0.2) is 0 Å². The van der Waals surface area contributed by atoms with Crippen molar-refractivity contribution in [2.45, 2.75) is 103 Å². The molecule has 12 N–H and O–H groups in total. The molecule has 0 aliphatic heterocycles. The second-order valence-electron chi connectivity index (χ2n) is 11.2. The summed E-state index contributed by atoms with van der Waals surface area (Å²) >= 11 is 0. The Kier molecular flexibility index (Phi) is 18.0. The number of carboxylic acid groups (broad SMARTS) is 1. The highest BCUT2D eigenvalue weighted by Gasteiger charge is 2.33. The average molecular weight is 661 g/mol. The van der Waals surface area contributed by atoms with Gasteiger partial charge in [-0.3, -0.25) is 38.4 Å². The molecule has 0 saturated heterocycles. The third-order valence-corrected chi connectivity index (χ3v) is 6.41. The van der Waals surface area contributed by atoms with Crippen molar-refractivity contribution in [3.8, 4) is 0 Å². The van der Waals surface area contributed by atoms with Crippen LogP contribution in [0.4, 0.5) is 0 Å². The van der Waals surface area contributed by atoms with E-state index in [-0.39, 0.29) is 18.9 Å². The van der Waals surface area contributed by atoms with Gasteiger partial charge in [0.25, 0.3) is 0 Å². The Hall–Kier alpha value is -4.36. The fourth-order valence-electron chi connectivity index (χ4n) is 3.66. The molecule has 46 heavy (non-hydrogen) atoms. The molecule has 19 heteroatoms. The number of aliphatic hydroxyl groups is 2. The maximum Gasteiger partial charge on any atom is 0.325 e. The van der Waals surface area contributed by atoms with Crippen LogP contribution in [0.25, 0.3) is 0 Å². The molecule has 0 fully saturated rings. The van der Waals surface area contributed by atoms with E-state index in [0.717, 1.165) is 0 Å². The quantitative estimate of drug-likeness (QED) is 0.0620. The molecule has 19 nitrogen and oxygen atoms in total. The molecular formula is C27H48N8O11. The first-order chi connectivity index (χ1) is 21.2. The van der Waals surface area contributed by atoms with Crippen LogP contribution in [0.15, 0.2) is 0 Å². The van der Waals surface area contributed by atoms with Gasteiger partial charge in [-0.2, -0.15) is 0 Å². The molecule has 7 amide bonds. The van der Waals surface area contributed by atoms with Gasteiger partial charge < -0.3 is 58.3 Å². The second-order valence-corrected chi connectivity index (χ2v) is 11.2. The van der Waals surface area contributed by atoms with Gasteiger partial charge in [-0.25, -0.2) is 0 Å². The molecule has 0 aromatic carbocycles. The Morgan fingerprint density at radius 2 is 0.978 bits per heavy atom. The standard InChI is InChI=1S/C27H48N8O11/c1-11(2)8-17(33-22(40)12(3)29-19(38)9-28)24(42)35-20(16(7)37)26(44)31-13(4)21(39)30-14(5)23(41)34-18(10-36)25(43)32-15(6)27(45)46/h11-18,20,36-37H,8-10,28H2,1-7H3,(H,29,38)(H,30,39)(H,31,44)(H,32,43)(H,33,40)(H,34,41)(H,35,42)(H,45,46). The Labute approximate surface area is 266 Å². The number of rotatable bonds is 19. The molecule has 0 aromatic heterocycles. The maximum absolute atomic E-state index is 13.1. The Morgan fingerprint density at radius 3 is 1.41 bits per heavy atom. The number of carbonyl (C=O) groups is 8. The molecule has 0 rings (SSSR count). The number of nitrogens with one attached hydrogen (secondary N) is 7. The minimum absolute atomic E-state index is 0.0953. The lowest BCUT2D eigenvalue weighted by Crippen LogP contribution is -2.61. The summed E-state index contributed by atoms with van der Waals surface area (Å²) in [4.78, 5) is 98.5. The monoisotopic (exact) mass is 660 g/mol. The summed E-state index contributed by atoms with van der Waals surface area (Å²) in [6.07, 6.45) is -1.31. The summed E-state index contributed by atoms with van der Waals surface area (Å²) in [5.41, 5.74) is 5.24. The van der Waals surface area contributed by atoms with E-state index >= 15 is 0 Å². The normalized spacial score (nSPS) is 16.2. The van der Waals surface area contributed by atoms with E-state index in [4.69, 9.17) is 10.8 Å². The smallest absolute Gasteiger partial charge is 0.325 e. The highest BCUT2D eigenvalue weighted by molar-refractivity contribution is 5.97. The van der Waals surface area contributed by atoms with E-state index in [2.05, 4.69) is 37.2 Å². The Morgan fingerprint density at radius 1 is 0.565 bits per heavy atom. The van der Waals surface area contributed by atoms with E-state index in [1.54, 1.807) is 13.8 Å². The molecular weight excluding hydrogens is 612 g/mol. The van der Waals surface area contributed by atoms with Crippen LogP contribution < -0.4 is 43.0 Å². The molecule has 0 spiro atoms. The molecule has 8 atom stereocenters. The molecule has 0 bridgehead atoms. The van der Waals surface area contributed by atoms with Crippen molar-refractivity contribution in [1.82, 2.24) is 37.2 Å². The van der Waals surface area contributed by atoms with E-state index in [0.29, 0.717) is 0 Å². The highest BCUT2D eigenvalue weighted by atomic mass is 16.4. The van der Waals surface area contributed by atoms with Gasteiger partial charge >= 0.3 is 5.97 Å². The summed E-state index contributed by atoms with van der Waals surface area (Å²) in [5, 5.41) is 44.7. The van der Waals surface area contributed by atoms with Gasteiger partial charge in [0.2, 0.25) is 41.4 Å². The zero-order valence-corrected chi connectivity index (χ0v) is 27.0. The Bertz CT molecular complexity index is 1120. The van der Waals surface area contributed by atoms with E-state index in [9.17, 15) is 48.6 Å². The molecule has 0 aromatic rings. The summed E-state index contributed by atoms with van der Waals surface area (Å²) in [5.74, 6) is -7.24. The fraction of sp³-hybridized carbons (Fsp3) is 0.704. The van der Waals surface area contributed by atoms with Crippen LogP contribution in [0.2, 0.25) is 0 Å². The van der Waals surface area contributed by atoms with Crippen LogP contribution in [-0.2, 0) is 38.4 Å². The number of carboxylic acids is 1. The van der Waals surface area contributed by atoms with E-state index < -0.39 is 102 Å². The van der Waals surface area contributed by atoms with Gasteiger partial charge in [0.05, 0.1) is 19.3 Å². The highest BCUT2D eigenvalue weighted by Crippen LogP contribution is 2.07. The first-order valence-electron chi connectivity index (χ1n) is 14.6. The summed E-state index contributed by atoms with van der Waals surface area (Å²) in [6, 6.07) is -9.14. The summed E-state index contributed by atoms with van der Waals surface area (Å²) in [7, 11) is 0. The van der Waals surface area contributed by atoms with Crippen LogP contribution in [0.5, 0.6) is 0 Å². The topological polar surface area (TPSA) is 307 Å². The van der Waals surface area contributed by atoms with E-state index in [1.807, 2.05) is 0 Å². The predicted octanol–water partition coefficient (Wildman–Crippen LogP) is -5.08. The molecule has 0 saturated carbocycles.